The molecule has 1 aromatic carbocycles. The van der Waals surface area contributed by atoms with Gasteiger partial charge in [-0.05, 0) is 43.9 Å². The molecule has 0 saturated carbocycles. The Balaban J connectivity index is 1.41. The van der Waals surface area contributed by atoms with Crippen LogP contribution in [0.1, 0.15) is 37.7 Å². The molecule has 6 nitrogen and oxygen atoms in total. The normalized spacial score (nSPS) is 19.7. The quantitative estimate of drug-likeness (QED) is 0.773. The Labute approximate surface area is 148 Å². The molecule has 1 atom stereocenters. The smallest absolute Gasteiger partial charge is 0.224 e. The number of aryl methyl sites for hydroxylation is 1. The van der Waals surface area contributed by atoms with E-state index in [9.17, 15) is 9.59 Å². The van der Waals surface area contributed by atoms with Gasteiger partial charge in [0.15, 0.2) is 0 Å². The zero-order valence-electron chi connectivity index (χ0n) is 14.8. The number of benzene rings is 1. The molecule has 1 fully saturated rings. The summed E-state index contributed by atoms with van der Waals surface area (Å²) in [4.78, 5) is 25.6. The molecule has 136 valence electrons. The minimum atomic E-state index is 0.0514. The van der Waals surface area contributed by atoms with E-state index < -0.39 is 0 Å². The van der Waals surface area contributed by atoms with E-state index in [1.54, 1.807) is 0 Å². The fourth-order valence-corrected chi connectivity index (χ4v) is 3.40. The van der Waals surface area contributed by atoms with Gasteiger partial charge < -0.3 is 20.3 Å². The van der Waals surface area contributed by atoms with Crippen LogP contribution in [0, 0.1) is 0 Å². The molecule has 3 rings (SSSR count). The maximum Gasteiger partial charge on any atom is 0.224 e. The van der Waals surface area contributed by atoms with Crippen molar-refractivity contribution in [2.24, 2.45) is 0 Å². The minimum Gasteiger partial charge on any atom is -0.494 e. The van der Waals surface area contributed by atoms with Gasteiger partial charge in [0, 0.05) is 44.2 Å². The molecule has 0 spiro atoms. The lowest BCUT2D eigenvalue weighted by molar-refractivity contribution is -0.132. The number of nitrogens with zero attached hydrogens (tertiary/aromatic N) is 1. The second kappa shape index (κ2) is 8.34. The molecule has 0 aliphatic carbocycles. The van der Waals surface area contributed by atoms with Gasteiger partial charge in [-0.3, -0.25) is 9.59 Å². The van der Waals surface area contributed by atoms with Crippen LogP contribution < -0.4 is 15.4 Å². The zero-order valence-corrected chi connectivity index (χ0v) is 14.8. The Morgan fingerprint density at radius 3 is 3.04 bits per heavy atom. The van der Waals surface area contributed by atoms with Crippen molar-refractivity contribution >= 4 is 17.5 Å². The second-order valence-electron chi connectivity index (χ2n) is 6.82. The number of fused-ring (bicyclic) bond motifs is 1. The van der Waals surface area contributed by atoms with Crippen LogP contribution in [0.15, 0.2) is 18.2 Å². The highest BCUT2D eigenvalue weighted by Crippen LogP contribution is 2.27. The van der Waals surface area contributed by atoms with E-state index in [-0.39, 0.29) is 11.8 Å². The van der Waals surface area contributed by atoms with Gasteiger partial charge in [-0.25, -0.2) is 0 Å². The predicted octanol–water partition coefficient (Wildman–Crippen LogP) is 1.94. The maximum atomic E-state index is 12.3. The van der Waals surface area contributed by atoms with E-state index in [2.05, 4.69) is 10.6 Å². The first kappa shape index (κ1) is 17.7. The first-order valence-electron chi connectivity index (χ1n) is 9.15. The third kappa shape index (κ3) is 4.72. The number of hydrogen-bond acceptors (Lipinski definition) is 4. The number of nitrogens with one attached hydrogen (secondary N) is 2. The van der Waals surface area contributed by atoms with Crippen molar-refractivity contribution in [1.82, 2.24) is 10.2 Å². The molecule has 6 heteroatoms. The van der Waals surface area contributed by atoms with Crippen molar-refractivity contribution in [3.8, 4) is 5.75 Å². The molecule has 1 unspecified atom stereocenters. The number of hydrogen-bond donors (Lipinski definition) is 2. The van der Waals surface area contributed by atoms with Gasteiger partial charge in [0.1, 0.15) is 5.75 Å². The first-order chi connectivity index (χ1) is 12.1. The van der Waals surface area contributed by atoms with Crippen LogP contribution >= 0.6 is 0 Å². The number of anilines is 1. The van der Waals surface area contributed by atoms with Gasteiger partial charge in [-0.1, -0.05) is 6.07 Å². The summed E-state index contributed by atoms with van der Waals surface area (Å²) in [5, 5.41) is 6.21. The predicted molar refractivity (Wildman–Crippen MR) is 96.8 cm³/mol. The third-order valence-corrected chi connectivity index (χ3v) is 4.99. The summed E-state index contributed by atoms with van der Waals surface area (Å²) in [6, 6.07) is 6.11. The second-order valence-corrected chi connectivity index (χ2v) is 6.82. The van der Waals surface area contributed by atoms with Crippen LogP contribution in [0.3, 0.4) is 0 Å². The van der Waals surface area contributed by atoms with E-state index in [1.807, 2.05) is 30.1 Å². The highest BCUT2D eigenvalue weighted by Gasteiger charge is 2.21. The summed E-state index contributed by atoms with van der Waals surface area (Å²) >= 11 is 0. The van der Waals surface area contributed by atoms with Crippen molar-refractivity contribution in [3.05, 3.63) is 23.8 Å². The largest absolute Gasteiger partial charge is 0.494 e. The molecule has 2 amide bonds. The van der Waals surface area contributed by atoms with Crippen molar-refractivity contribution in [2.75, 3.05) is 32.1 Å². The molecule has 1 aromatic rings. The van der Waals surface area contributed by atoms with Crippen molar-refractivity contribution in [2.45, 2.75) is 44.6 Å². The van der Waals surface area contributed by atoms with Gasteiger partial charge in [0.25, 0.3) is 0 Å². The Kier molecular flexibility index (Phi) is 5.91. The van der Waals surface area contributed by atoms with Crippen LogP contribution in [0.4, 0.5) is 5.69 Å². The number of carbonyl (C=O) groups is 2. The van der Waals surface area contributed by atoms with E-state index in [0.29, 0.717) is 31.9 Å². The SMILES string of the molecule is CN(C(=O)CCCOc1ccc2c(c1)NC(=O)CC2)C1CCCNC1. The molecule has 2 heterocycles. The Morgan fingerprint density at radius 2 is 2.24 bits per heavy atom. The number of likely N-dealkylation sites (N-methyl/N-ethyl adjacent to an activating group) is 1. The number of carbonyl (C=O) groups excluding carboxylic acids is 2. The fraction of sp³-hybridized carbons (Fsp3) is 0.579. The summed E-state index contributed by atoms with van der Waals surface area (Å²) in [7, 11) is 1.90. The minimum absolute atomic E-state index is 0.0514. The zero-order chi connectivity index (χ0) is 17.6. The van der Waals surface area contributed by atoms with Crippen molar-refractivity contribution in [3.63, 3.8) is 0 Å². The van der Waals surface area contributed by atoms with Crippen LogP contribution in [0.5, 0.6) is 5.75 Å². The van der Waals surface area contributed by atoms with E-state index >= 15 is 0 Å². The molecule has 0 bridgehead atoms. The summed E-state index contributed by atoms with van der Waals surface area (Å²) in [5.41, 5.74) is 1.99. The van der Waals surface area contributed by atoms with Crippen LogP contribution in [0.25, 0.3) is 0 Å². The number of ether oxygens (including phenoxy) is 1. The van der Waals surface area contributed by atoms with Gasteiger partial charge in [-0.2, -0.15) is 0 Å². The molecular weight excluding hydrogens is 318 g/mol. The van der Waals surface area contributed by atoms with Crippen LogP contribution in [-0.2, 0) is 16.0 Å². The van der Waals surface area contributed by atoms with Gasteiger partial charge in [0.05, 0.1) is 6.61 Å². The molecule has 0 aromatic heterocycles. The van der Waals surface area contributed by atoms with Gasteiger partial charge in [0.2, 0.25) is 11.8 Å². The van der Waals surface area contributed by atoms with Gasteiger partial charge in [-0.15, -0.1) is 0 Å². The van der Waals surface area contributed by atoms with Crippen molar-refractivity contribution < 1.29 is 14.3 Å². The van der Waals surface area contributed by atoms with E-state index in [0.717, 1.165) is 49.4 Å². The van der Waals surface area contributed by atoms with Crippen LogP contribution in [0.2, 0.25) is 0 Å². The Morgan fingerprint density at radius 1 is 1.36 bits per heavy atom. The maximum absolute atomic E-state index is 12.3. The average Bonchev–Trinajstić information content (AvgIpc) is 2.64. The molecule has 2 N–H and O–H groups in total. The molecular formula is C19H27N3O3. The highest BCUT2D eigenvalue weighted by atomic mass is 16.5. The molecule has 0 radical (unpaired) electrons. The third-order valence-electron chi connectivity index (χ3n) is 4.99. The monoisotopic (exact) mass is 345 g/mol. The van der Waals surface area contributed by atoms with E-state index in [1.165, 1.54) is 0 Å². The summed E-state index contributed by atoms with van der Waals surface area (Å²) in [5.74, 6) is 0.962. The lowest BCUT2D eigenvalue weighted by Crippen LogP contribution is -2.46. The highest BCUT2D eigenvalue weighted by molar-refractivity contribution is 5.94. The Bertz CT molecular complexity index is 626. The molecule has 1 saturated heterocycles. The van der Waals surface area contributed by atoms with E-state index in [4.69, 9.17) is 4.74 Å². The standard InChI is InChI=1S/C19H27N3O3/c1-22(15-4-2-10-20-13-15)19(24)5-3-11-25-16-8-6-14-7-9-18(23)21-17(14)12-16/h6,8,12,15,20H,2-5,7,9-11,13H2,1H3,(H,21,23). The van der Waals surface area contributed by atoms with Crippen LogP contribution in [-0.4, -0.2) is 49.5 Å². The number of piperidine rings is 1. The summed E-state index contributed by atoms with van der Waals surface area (Å²) in [6.45, 7) is 2.43. The molecule has 2 aliphatic rings. The average molecular weight is 345 g/mol. The Hall–Kier alpha value is -2.08. The summed E-state index contributed by atoms with van der Waals surface area (Å²) in [6.07, 6.45) is 4.70. The molecule has 25 heavy (non-hydrogen) atoms. The van der Waals surface area contributed by atoms with Crippen molar-refractivity contribution in [1.29, 1.82) is 0 Å². The fourth-order valence-electron chi connectivity index (χ4n) is 3.40. The number of amides is 2. The lowest BCUT2D eigenvalue weighted by atomic mass is 10.0. The topological polar surface area (TPSA) is 70.7 Å². The lowest BCUT2D eigenvalue weighted by Gasteiger charge is -2.31. The molecule has 2 aliphatic heterocycles. The first-order valence-corrected chi connectivity index (χ1v) is 9.15. The summed E-state index contributed by atoms with van der Waals surface area (Å²) < 4.78 is 5.75. The van der Waals surface area contributed by atoms with Gasteiger partial charge >= 0.3 is 0 Å². The number of rotatable bonds is 6.